The summed E-state index contributed by atoms with van der Waals surface area (Å²) in [5.41, 5.74) is 7.17. The molecule has 0 spiro atoms. The van der Waals surface area contributed by atoms with Gasteiger partial charge in [0.2, 0.25) is 0 Å². The van der Waals surface area contributed by atoms with Crippen LogP contribution in [0.3, 0.4) is 0 Å². The highest BCUT2D eigenvalue weighted by atomic mass is 35.5. The van der Waals surface area contributed by atoms with Crippen molar-refractivity contribution < 1.29 is 14.4 Å². The predicted octanol–water partition coefficient (Wildman–Crippen LogP) is 2.82. The van der Waals surface area contributed by atoms with Crippen LogP contribution >= 0.6 is 11.6 Å². The first kappa shape index (κ1) is 16.2. The Labute approximate surface area is 140 Å². The Hall–Kier alpha value is -1.66. The summed E-state index contributed by atoms with van der Waals surface area (Å²) in [6, 6.07) is 4.35. The van der Waals surface area contributed by atoms with Gasteiger partial charge in [-0.1, -0.05) is 11.6 Å². The van der Waals surface area contributed by atoms with Crippen molar-refractivity contribution in [3.63, 3.8) is 0 Å². The molecule has 3 N–H and O–H groups in total. The quantitative estimate of drug-likeness (QED) is 0.821. The molecular formula is C16H22ClN3O3. The second-order valence-corrected chi connectivity index (χ2v) is 6.62. The van der Waals surface area contributed by atoms with Crippen molar-refractivity contribution in [3.8, 4) is 5.75 Å². The average Bonchev–Trinajstić information content (AvgIpc) is 2.72. The molecule has 23 heavy (non-hydrogen) atoms. The summed E-state index contributed by atoms with van der Waals surface area (Å²) >= 11 is 6.12. The Morgan fingerprint density at radius 2 is 2.00 bits per heavy atom. The molecule has 0 amide bonds. The average molecular weight is 340 g/mol. The van der Waals surface area contributed by atoms with E-state index in [4.69, 9.17) is 26.9 Å². The van der Waals surface area contributed by atoms with Gasteiger partial charge in [0.1, 0.15) is 5.75 Å². The fourth-order valence-corrected chi connectivity index (χ4v) is 3.78. The number of fused-ring (bicyclic) bond motifs is 2. The van der Waals surface area contributed by atoms with Gasteiger partial charge in [0.15, 0.2) is 0 Å². The van der Waals surface area contributed by atoms with Crippen LogP contribution in [-0.4, -0.2) is 36.3 Å². The number of nitrogens with zero attached hydrogens (tertiary/aromatic N) is 1. The maximum absolute atomic E-state index is 11.2. The van der Waals surface area contributed by atoms with E-state index in [9.17, 15) is 4.79 Å². The van der Waals surface area contributed by atoms with Crippen molar-refractivity contribution in [3.05, 3.63) is 17.2 Å². The molecule has 2 bridgehead atoms. The molecule has 2 heterocycles. The third-order valence-electron chi connectivity index (χ3n) is 4.58. The van der Waals surface area contributed by atoms with Crippen LogP contribution in [0.2, 0.25) is 5.02 Å². The van der Waals surface area contributed by atoms with Gasteiger partial charge >= 0.3 is 5.97 Å². The Bertz CT molecular complexity index is 596. The summed E-state index contributed by atoms with van der Waals surface area (Å²) in [4.78, 5) is 16.6. The van der Waals surface area contributed by atoms with Gasteiger partial charge in [0.05, 0.1) is 23.5 Å². The van der Waals surface area contributed by atoms with Gasteiger partial charge in [-0.3, -0.25) is 4.79 Å². The van der Waals surface area contributed by atoms with Crippen LogP contribution in [0.5, 0.6) is 5.75 Å². The van der Waals surface area contributed by atoms with Gasteiger partial charge in [-0.05, 0) is 31.7 Å². The fraction of sp³-hybridized carbons (Fsp3) is 0.562. The smallest absolute Gasteiger partial charge is 0.322 e. The number of rotatable bonds is 4. The van der Waals surface area contributed by atoms with Crippen molar-refractivity contribution in [1.82, 2.24) is 5.06 Å². The fourth-order valence-electron chi connectivity index (χ4n) is 3.62. The Morgan fingerprint density at radius 1 is 1.35 bits per heavy atom. The number of carbonyl (C=O) groups excluding carboxylic acids is 1. The van der Waals surface area contributed by atoms with Crippen molar-refractivity contribution in [2.45, 2.75) is 50.7 Å². The van der Waals surface area contributed by atoms with E-state index in [1.165, 1.54) is 6.92 Å². The van der Waals surface area contributed by atoms with E-state index in [0.717, 1.165) is 31.4 Å². The summed E-state index contributed by atoms with van der Waals surface area (Å²) < 4.78 is 5.38. The maximum atomic E-state index is 11.2. The minimum Gasteiger partial charge on any atom is -0.495 e. The Balaban J connectivity index is 1.71. The Kier molecular flexibility index (Phi) is 4.55. The number of piperidine rings is 1. The molecule has 0 aromatic heterocycles. The molecule has 2 saturated heterocycles. The van der Waals surface area contributed by atoms with E-state index in [1.54, 1.807) is 19.2 Å². The number of hydrogen-bond donors (Lipinski definition) is 2. The molecule has 0 radical (unpaired) electrons. The van der Waals surface area contributed by atoms with Crippen LogP contribution in [0.25, 0.3) is 0 Å². The highest BCUT2D eigenvalue weighted by Gasteiger charge is 2.43. The van der Waals surface area contributed by atoms with E-state index < -0.39 is 0 Å². The molecule has 1 aromatic carbocycles. The first-order valence-corrected chi connectivity index (χ1v) is 8.22. The number of nitrogen functional groups attached to an aromatic ring is 1. The van der Waals surface area contributed by atoms with Crippen molar-refractivity contribution in [2.24, 2.45) is 0 Å². The predicted molar refractivity (Wildman–Crippen MR) is 89.5 cm³/mol. The molecule has 126 valence electrons. The summed E-state index contributed by atoms with van der Waals surface area (Å²) in [5, 5.41) is 5.90. The second-order valence-electron chi connectivity index (χ2n) is 6.21. The topological polar surface area (TPSA) is 76.8 Å². The number of anilines is 2. The molecule has 2 unspecified atom stereocenters. The molecule has 0 aliphatic carbocycles. The number of hydroxylamine groups is 2. The lowest BCUT2D eigenvalue weighted by atomic mass is 9.99. The second kappa shape index (κ2) is 6.45. The van der Waals surface area contributed by atoms with E-state index in [-0.39, 0.29) is 24.1 Å². The normalized spacial score (nSPS) is 26.8. The molecule has 3 rings (SSSR count). The zero-order valence-electron chi connectivity index (χ0n) is 13.3. The lowest BCUT2D eigenvalue weighted by molar-refractivity contribution is -0.209. The van der Waals surface area contributed by atoms with Crippen molar-refractivity contribution in [2.75, 3.05) is 18.2 Å². The first-order valence-electron chi connectivity index (χ1n) is 7.84. The van der Waals surface area contributed by atoms with Gasteiger partial charge in [0.25, 0.3) is 0 Å². The summed E-state index contributed by atoms with van der Waals surface area (Å²) in [5.74, 6) is 0.432. The third kappa shape index (κ3) is 3.33. The number of nitrogens with one attached hydrogen (secondary N) is 1. The van der Waals surface area contributed by atoms with E-state index in [0.29, 0.717) is 16.5 Å². The number of halogens is 1. The number of carbonyl (C=O) groups is 1. The highest BCUT2D eigenvalue weighted by molar-refractivity contribution is 6.33. The molecule has 2 fully saturated rings. The molecule has 6 nitrogen and oxygen atoms in total. The van der Waals surface area contributed by atoms with Gasteiger partial charge in [0, 0.05) is 31.1 Å². The number of benzene rings is 1. The molecule has 7 heteroatoms. The van der Waals surface area contributed by atoms with Crippen LogP contribution in [-0.2, 0) is 9.63 Å². The lowest BCUT2D eigenvalue weighted by Gasteiger charge is -2.37. The van der Waals surface area contributed by atoms with Gasteiger partial charge < -0.3 is 20.6 Å². The minimum atomic E-state index is -0.250. The molecule has 2 aliphatic heterocycles. The van der Waals surface area contributed by atoms with E-state index in [2.05, 4.69) is 5.32 Å². The molecule has 0 saturated carbocycles. The maximum Gasteiger partial charge on any atom is 0.322 e. The first-order chi connectivity index (χ1) is 11.0. The summed E-state index contributed by atoms with van der Waals surface area (Å²) in [7, 11) is 1.61. The van der Waals surface area contributed by atoms with E-state index in [1.807, 2.05) is 5.06 Å². The molecule has 2 aliphatic rings. The Morgan fingerprint density at radius 3 is 2.57 bits per heavy atom. The highest BCUT2D eigenvalue weighted by Crippen LogP contribution is 2.39. The number of nitrogens with two attached hydrogens (primary N) is 1. The summed E-state index contributed by atoms with van der Waals surface area (Å²) in [6.07, 6.45) is 3.93. The van der Waals surface area contributed by atoms with Crippen LogP contribution in [0.15, 0.2) is 12.1 Å². The van der Waals surface area contributed by atoms with Gasteiger partial charge in [-0.25, -0.2) is 0 Å². The van der Waals surface area contributed by atoms with Crippen LogP contribution < -0.4 is 15.8 Å². The zero-order chi connectivity index (χ0) is 16.6. The van der Waals surface area contributed by atoms with Crippen LogP contribution in [0, 0.1) is 0 Å². The number of hydrogen-bond acceptors (Lipinski definition) is 6. The van der Waals surface area contributed by atoms with Crippen molar-refractivity contribution in [1.29, 1.82) is 0 Å². The zero-order valence-corrected chi connectivity index (χ0v) is 14.1. The van der Waals surface area contributed by atoms with Crippen LogP contribution in [0.4, 0.5) is 11.4 Å². The molecule has 1 aromatic rings. The monoisotopic (exact) mass is 339 g/mol. The summed E-state index contributed by atoms with van der Waals surface area (Å²) in [6.45, 7) is 1.45. The van der Waals surface area contributed by atoms with Crippen LogP contribution in [0.1, 0.15) is 32.6 Å². The lowest BCUT2D eigenvalue weighted by Crippen LogP contribution is -2.47. The number of methoxy groups -OCH3 is 1. The minimum absolute atomic E-state index is 0.250. The number of ether oxygens (including phenoxy) is 1. The largest absolute Gasteiger partial charge is 0.495 e. The molecule has 2 atom stereocenters. The standard InChI is InChI=1S/C16H22ClN3O3/c1-9(21)23-20-11-3-4-12(20)6-10(5-11)19-15-7-13(17)14(18)8-16(15)22-2/h7-8,10-12,19H,3-6,18H2,1-2H3. The third-order valence-corrected chi connectivity index (χ3v) is 4.91. The molecular weight excluding hydrogens is 318 g/mol. The van der Waals surface area contributed by atoms with Crippen molar-refractivity contribution >= 4 is 28.9 Å². The van der Waals surface area contributed by atoms with Gasteiger partial charge in [-0.2, -0.15) is 0 Å². The van der Waals surface area contributed by atoms with Gasteiger partial charge in [-0.15, -0.1) is 5.06 Å². The SMILES string of the molecule is COc1cc(N)c(Cl)cc1NC1CC2CCC(C1)N2OC(C)=O. The van der Waals surface area contributed by atoms with E-state index >= 15 is 0 Å².